The van der Waals surface area contributed by atoms with Crippen molar-refractivity contribution >= 4 is 22.1 Å². The molecule has 2 fully saturated rings. The van der Waals surface area contributed by atoms with Gasteiger partial charge in [0, 0.05) is 46.0 Å². The topological polar surface area (TPSA) is 6.48 Å². The molecule has 0 N–H and O–H groups in total. The summed E-state index contributed by atoms with van der Waals surface area (Å²) in [5, 5.41) is 2.75. The van der Waals surface area contributed by atoms with E-state index in [0.717, 1.165) is 5.92 Å². The molecule has 1 radical (unpaired) electrons. The van der Waals surface area contributed by atoms with Crippen LogP contribution in [0.5, 0.6) is 0 Å². The van der Waals surface area contributed by atoms with Crippen molar-refractivity contribution in [3.63, 3.8) is 0 Å². The fraction of sp³-hybridized carbons (Fsp3) is 0.329. The summed E-state index contributed by atoms with van der Waals surface area (Å²) in [4.78, 5) is 4.17. The van der Waals surface area contributed by atoms with Crippen LogP contribution in [0.2, 0.25) is 0 Å². The van der Waals surface area contributed by atoms with E-state index in [4.69, 9.17) is 0 Å². The summed E-state index contributed by atoms with van der Waals surface area (Å²) < 4.78 is 0. The predicted octanol–water partition coefficient (Wildman–Crippen LogP) is 22.6. The highest BCUT2D eigenvalue weighted by Gasteiger charge is 2.15. The molecule has 4 aliphatic rings. The first-order valence-electron chi connectivity index (χ1n) is 30.7. The zero-order valence-corrected chi connectivity index (χ0v) is 51.5. The predicted molar refractivity (Wildman–Crippen MR) is 362 cm³/mol. The Hall–Kier alpha value is -7.16. The highest BCUT2D eigenvalue weighted by atomic mass is 15.1. The van der Waals surface area contributed by atoms with Gasteiger partial charge in [-0.15, -0.1) is 0 Å². The number of rotatable bonds is 4. The third-order valence-corrected chi connectivity index (χ3v) is 14.8. The number of allylic oxidation sites excluding steroid dienone is 6. The van der Waals surface area contributed by atoms with Crippen molar-refractivity contribution in [3.05, 3.63) is 283 Å². The molecule has 12 rings (SSSR count). The lowest BCUT2D eigenvalue weighted by Gasteiger charge is -2.22. The molecule has 0 aromatic heterocycles. The third kappa shape index (κ3) is 27.2. The van der Waals surface area contributed by atoms with Crippen LogP contribution in [0, 0.1) is 27.2 Å². The number of benzene rings is 8. The largest absolute Gasteiger partial charge is 0.378 e. The van der Waals surface area contributed by atoms with Crippen LogP contribution < -0.4 is 9.80 Å². The van der Waals surface area contributed by atoms with E-state index in [1.165, 1.54) is 158 Å². The summed E-state index contributed by atoms with van der Waals surface area (Å²) in [6.07, 6.45) is 36.8. The third-order valence-electron chi connectivity index (χ3n) is 14.8. The van der Waals surface area contributed by atoms with Crippen LogP contribution in [0.3, 0.4) is 0 Å². The van der Waals surface area contributed by atoms with Gasteiger partial charge in [-0.3, -0.25) is 0 Å². The summed E-state index contributed by atoms with van der Waals surface area (Å²) in [5.74, 6) is 0.809. The molecule has 0 atom stereocenters. The first-order chi connectivity index (χ1) is 39.7. The van der Waals surface area contributed by atoms with E-state index >= 15 is 0 Å². The highest BCUT2D eigenvalue weighted by molar-refractivity contribution is 5.88. The van der Waals surface area contributed by atoms with E-state index in [-0.39, 0.29) is 0 Å². The molecule has 427 valence electrons. The van der Waals surface area contributed by atoms with Gasteiger partial charge in [-0.2, -0.15) is 0 Å². The summed E-state index contributed by atoms with van der Waals surface area (Å²) in [5.41, 5.74) is 14.1. The Morgan fingerprint density at radius 1 is 0.321 bits per heavy atom. The number of nitrogens with zero attached hydrogens (tertiary/aromatic N) is 2. The molecule has 0 bridgehead atoms. The minimum absolute atomic E-state index is 0.809. The Balaban J connectivity index is 0.000000204. The maximum Gasteiger partial charge on any atom is 0.0360 e. The van der Waals surface area contributed by atoms with Crippen LogP contribution in [0.15, 0.2) is 243 Å². The monoisotopic (exact) mass is 1080 g/mol. The molecule has 8 aromatic carbocycles. The van der Waals surface area contributed by atoms with Crippen LogP contribution in [-0.2, 0) is 12.8 Å². The van der Waals surface area contributed by atoms with Gasteiger partial charge in [0.05, 0.1) is 0 Å². The molecule has 4 aliphatic carbocycles. The molecule has 0 saturated heterocycles. The van der Waals surface area contributed by atoms with Gasteiger partial charge in [-0.25, -0.2) is 0 Å². The van der Waals surface area contributed by atoms with Crippen LogP contribution in [0.25, 0.3) is 21.9 Å². The normalized spacial score (nSPS) is 13.7. The quantitative estimate of drug-likeness (QED) is 0.162. The maximum atomic E-state index is 2.33. The zero-order chi connectivity index (χ0) is 58.0. The molecule has 81 heavy (non-hydrogen) atoms. The number of aryl methyl sites for hydroxylation is 4. The fourth-order valence-electron chi connectivity index (χ4n) is 10.3. The highest BCUT2D eigenvalue weighted by Crippen LogP contribution is 2.33. The van der Waals surface area contributed by atoms with Gasteiger partial charge < -0.3 is 9.80 Å². The van der Waals surface area contributed by atoms with Gasteiger partial charge >= 0.3 is 0 Å². The molecule has 2 heteroatoms. The van der Waals surface area contributed by atoms with Crippen molar-refractivity contribution in [2.24, 2.45) is 0 Å². The molecule has 0 unspecified atom stereocenters. The summed E-state index contributed by atoms with van der Waals surface area (Å²) in [6.45, 7) is 10.6. The lowest BCUT2D eigenvalue weighted by molar-refractivity contribution is 0.443. The van der Waals surface area contributed by atoms with Crippen LogP contribution >= 0.6 is 0 Å². The van der Waals surface area contributed by atoms with E-state index in [2.05, 4.69) is 164 Å². The molecule has 0 amide bonds. The molecule has 0 heterocycles. The SMILES string of the molecule is C1CCCCC1.CC.CN(C)c1ccccc1.CN(C)c1ccccc1.Cc1cccc2c1CCCCC2.Cc1cccc2cccc(C)c12.[CH]1C=CC=CC=C1.c1ccc(-c2ccc(C3CCCCC3)cc2)cc1.c1ccccc1. The van der Waals surface area contributed by atoms with Gasteiger partial charge in [0.2, 0.25) is 0 Å². The minimum Gasteiger partial charge on any atom is -0.378 e. The summed E-state index contributed by atoms with van der Waals surface area (Å²) in [6, 6.07) is 72.0. The molecule has 2 nitrogen and oxygen atoms in total. The van der Waals surface area contributed by atoms with Crippen LogP contribution in [0.1, 0.15) is 143 Å². The molecule has 0 aliphatic heterocycles. The zero-order valence-electron chi connectivity index (χ0n) is 51.5. The van der Waals surface area contributed by atoms with Gasteiger partial charge in [-0.1, -0.05) is 297 Å². The Kier molecular flexibility index (Phi) is 34.2. The van der Waals surface area contributed by atoms with E-state index in [0.29, 0.717) is 0 Å². The average Bonchev–Trinajstić information content (AvgIpc) is 4.01. The van der Waals surface area contributed by atoms with Crippen LogP contribution in [-0.4, -0.2) is 28.2 Å². The first kappa shape index (κ1) is 66.4. The smallest absolute Gasteiger partial charge is 0.0360 e. The van der Waals surface area contributed by atoms with Crippen molar-refractivity contribution in [2.45, 2.75) is 143 Å². The van der Waals surface area contributed by atoms with Gasteiger partial charge in [0.1, 0.15) is 0 Å². The minimum atomic E-state index is 0.809. The molecule has 2 saturated carbocycles. The lowest BCUT2D eigenvalue weighted by atomic mass is 9.84. The molecular weight excluding hydrogens is 977 g/mol. The van der Waals surface area contributed by atoms with Crippen molar-refractivity contribution in [1.82, 2.24) is 0 Å². The number of para-hydroxylation sites is 2. The second-order valence-corrected chi connectivity index (χ2v) is 21.4. The Labute approximate surface area is 494 Å². The van der Waals surface area contributed by atoms with Crippen molar-refractivity contribution in [1.29, 1.82) is 0 Å². The molecular formula is C79H101N2. The van der Waals surface area contributed by atoms with E-state index in [9.17, 15) is 0 Å². The molecule has 8 aromatic rings. The number of hydrogen-bond acceptors (Lipinski definition) is 2. The molecule has 0 spiro atoms. The number of anilines is 2. The number of hydrogen-bond donors (Lipinski definition) is 0. The average molecular weight is 1080 g/mol. The van der Waals surface area contributed by atoms with E-state index in [1.807, 2.05) is 158 Å². The Bertz CT molecular complexity index is 2730. The number of fused-ring (bicyclic) bond motifs is 2. The van der Waals surface area contributed by atoms with Gasteiger partial charge in [0.25, 0.3) is 0 Å². The van der Waals surface area contributed by atoms with E-state index in [1.54, 1.807) is 11.1 Å². The van der Waals surface area contributed by atoms with Crippen molar-refractivity contribution in [3.8, 4) is 11.1 Å². The Morgan fingerprint density at radius 2 is 0.691 bits per heavy atom. The lowest BCUT2D eigenvalue weighted by Crippen LogP contribution is -2.07. The fourth-order valence-corrected chi connectivity index (χ4v) is 10.3. The van der Waals surface area contributed by atoms with Crippen molar-refractivity contribution in [2.75, 3.05) is 38.0 Å². The maximum absolute atomic E-state index is 2.33. The summed E-state index contributed by atoms with van der Waals surface area (Å²) >= 11 is 0. The first-order valence-corrected chi connectivity index (χ1v) is 30.7. The van der Waals surface area contributed by atoms with Gasteiger partial charge in [-0.05, 0) is 145 Å². The standard InChI is InChI=1S/C18H20.C12H12.C12H16.2C8H11N.C7H7.C6H12.C6H6.C2H6/c1-3-7-15(8-4-1)17-11-13-18(14-12-17)16-9-5-2-6-10-16;1-9-5-3-7-11-8-4-6-10(2)12(9)11;1-10-6-5-8-11-7-3-2-4-9-12(10)11;2*1-9(2)8-6-4-3-5-7-8;1-2-4-6-7-5-3-1;2*1-2-4-6-5-3-1;1-2/h1,3-4,7-8,11-14,16H,2,5-6,9-10H2;3-8H,1-2H3;5-6,8H,2-4,7,9H2,1H3;2*3-7H,1-2H3;1-7H;1-6H2;1-6H;1-2H3. The second kappa shape index (κ2) is 41.8. The van der Waals surface area contributed by atoms with Crippen molar-refractivity contribution < 1.29 is 0 Å². The van der Waals surface area contributed by atoms with Crippen LogP contribution in [0.4, 0.5) is 11.4 Å². The van der Waals surface area contributed by atoms with Gasteiger partial charge in [0.15, 0.2) is 0 Å². The Morgan fingerprint density at radius 3 is 1.14 bits per heavy atom. The van der Waals surface area contributed by atoms with E-state index < -0.39 is 0 Å². The second-order valence-electron chi connectivity index (χ2n) is 21.4. The summed E-state index contributed by atoms with van der Waals surface area (Å²) in [7, 11) is 8.15.